The van der Waals surface area contributed by atoms with E-state index in [9.17, 15) is 10.1 Å². The molecule has 124 valence electrons. The summed E-state index contributed by atoms with van der Waals surface area (Å²) < 4.78 is 5.35. The Morgan fingerprint density at radius 2 is 1.88 bits per heavy atom. The number of para-hydroxylation sites is 1. The number of hydrogen-bond acceptors (Lipinski definition) is 4. The van der Waals surface area contributed by atoms with Crippen molar-refractivity contribution in [1.82, 2.24) is 0 Å². The highest BCUT2D eigenvalue weighted by molar-refractivity contribution is 6.34. The zero-order valence-electron chi connectivity index (χ0n) is 13.4. The van der Waals surface area contributed by atoms with Gasteiger partial charge < -0.3 is 10.1 Å². The van der Waals surface area contributed by atoms with Gasteiger partial charge in [0.2, 0.25) is 0 Å². The van der Waals surface area contributed by atoms with Crippen LogP contribution in [0.15, 0.2) is 54.1 Å². The van der Waals surface area contributed by atoms with Gasteiger partial charge in [-0.15, -0.1) is 0 Å². The van der Waals surface area contributed by atoms with Gasteiger partial charge in [-0.2, -0.15) is 10.5 Å². The highest BCUT2D eigenvalue weighted by Crippen LogP contribution is 2.21. The van der Waals surface area contributed by atoms with Crippen LogP contribution in [0, 0.1) is 22.7 Å². The fraction of sp³-hybridized carbons (Fsp3) is 0.105. The lowest BCUT2D eigenvalue weighted by Gasteiger charge is -2.08. The van der Waals surface area contributed by atoms with E-state index in [1.54, 1.807) is 55.5 Å². The van der Waals surface area contributed by atoms with Gasteiger partial charge in [0.15, 0.2) is 6.10 Å². The fourth-order valence-corrected chi connectivity index (χ4v) is 2.12. The third-order valence-electron chi connectivity index (χ3n) is 3.17. The summed E-state index contributed by atoms with van der Waals surface area (Å²) in [5, 5.41) is 21.0. The standard InChI is InChI=1S/C19H14ClN3O2/c1-13(11-21)25-16-8-6-14(7-9-16)10-15(12-22)19(24)23-18-5-3-2-4-17(18)20/h2-10,13H,1H3,(H,23,24)/b15-10-/t13-/m1/s1. The molecule has 1 atom stereocenters. The number of carbonyl (C=O) groups excluding carboxylic acids is 1. The van der Waals surface area contributed by atoms with Gasteiger partial charge in [0.1, 0.15) is 23.5 Å². The van der Waals surface area contributed by atoms with Crippen LogP contribution in [-0.4, -0.2) is 12.0 Å². The normalized spacial score (nSPS) is 11.8. The molecule has 0 saturated heterocycles. The number of carbonyl (C=O) groups is 1. The van der Waals surface area contributed by atoms with E-state index < -0.39 is 12.0 Å². The van der Waals surface area contributed by atoms with Crippen molar-refractivity contribution in [3.8, 4) is 17.9 Å². The number of amides is 1. The van der Waals surface area contributed by atoms with Gasteiger partial charge in [-0.1, -0.05) is 35.9 Å². The van der Waals surface area contributed by atoms with Crippen LogP contribution in [-0.2, 0) is 4.79 Å². The molecule has 0 bridgehead atoms. The highest BCUT2D eigenvalue weighted by atomic mass is 35.5. The second kappa shape index (κ2) is 8.54. The average molecular weight is 352 g/mol. The van der Waals surface area contributed by atoms with Crippen LogP contribution < -0.4 is 10.1 Å². The zero-order chi connectivity index (χ0) is 18.2. The average Bonchev–Trinajstić information content (AvgIpc) is 2.62. The molecule has 25 heavy (non-hydrogen) atoms. The Labute approximate surface area is 150 Å². The predicted molar refractivity (Wildman–Crippen MR) is 95.8 cm³/mol. The van der Waals surface area contributed by atoms with Crippen LogP contribution >= 0.6 is 11.6 Å². The molecule has 0 radical (unpaired) electrons. The third-order valence-corrected chi connectivity index (χ3v) is 3.50. The van der Waals surface area contributed by atoms with E-state index in [0.29, 0.717) is 22.0 Å². The van der Waals surface area contributed by atoms with Crippen LogP contribution in [0.2, 0.25) is 5.02 Å². The second-order valence-corrected chi connectivity index (χ2v) is 5.47. The van der Waals surface area contributed by atoms with Crippen molar-refractivity contribution in [2.45, 2.75) is 13.0 Å². The van der Waals surface area contributed by atoms with Crippen molar-refractivity contribution < 1.29 is 9.53 Å². The van der Waals surface area contributed by atoms with Crippen molar-refractivity contribution in [3.05, 3.63) is 64.7 Å². The maximum atomic E-state index is 12.2. The van der Waals surface area contributed by atoms with Crippen molar-refractivity contribution in [1.29, 1.82) is 10.5 Å². The third kappa shape index (κ3) is 5.10. The number of nitrogens with one attached hydrogen (secondary N) is 1. The Balaban J connectivity index is 2.14. The first-order valence-corrected chi connectivity index (χ1v) is 7.75. The number of benzene rings is 2. The van der Waals surface area contributed by atoms with Gasteiger partial charge in [-0.25, -0.2) is 0 Å². The summed E-state index contributed by atoms with van der Waals surface area (Å²) in [5.74, 6) is -0.0146. The molecule has 0 aromatic heterocycles. The summed E-state index contributed by atoms with van der Waals surface area (Å²) in [7, 11) is 0. The summed E-state index contributed by atoms with van der Waals surface area (Å²) in [4.78, 5) is 12.2. The summed E-state index contributed by atoms with van der Waals surface area (Å²) in [6.45, 7) is 1.64. The molecule has 2 rings (SSSR count). The minimum Gasteiger partial charge on any atom is -0.476 e. The molecule has 0 fully saturated rings. The molecule has 0 aliphatic rings. The number of ether oxygens (including phenoxy) is 1. The first-order chi connectivity index (χ1) is 12.0. The van der Waals surface area contributed by atoms with Gasteiger partial charge in [-0.3, -0.25) is 4.79 Å². The van der Waals surface area contributed by atoms with Crippen molar-refractivity contribution in [3.63, 3.8) is 0 Å². The topological polar surface area (TPSA) is 85.9 Å². The molecule has 0 heterocycles. The SMILES string of the molecule is C[C@H](C#N)Oc1ccc(/C=C(/C#N)C(=O)Nc2ccccc2Cl)cc1. The maximum absolute atomic E-state index is 12.2. The second-order valence-electron chi connectivity index (χ2n) is 5.06. The smallest absolute Gasteiger partial charge is 0.266 e. The maximum Gasteiger partial charge on any atom is 0.266 e. The number of nitriles is 2. The Hall–Kier alpha value is -3.28. The molecule has 1 N–H and O–H groups in total. The monoisotopic (exact) mass is 351 g/mol. The largest absolute Gasteiger partial charge is 0.476 e. The van der Waals surface area contributed by atoms with Gasteiger partial charge >= 0.3 is 0 Å². The Kier molecular flexibility index (Phi) is 6.17. The first kappa shape index (κ1) is 18.1. The lowest BCUT2D eigenvalue weighted by molar-refractivity contribution is -0.112. The molecule has 2 aromatic carbocycles. The van der Waals surface area contributed by atoms with Crippen molar-refractivity contribution >= 4 is 29.3 Å². The lowest BCUT2D eigenvalue weighted by Crippen LogP contribution is -2.13. The summed E-state index contributed by atoms with van der Waals surface area (Å²) in [6, 6.07) is 17.3. The van der Waals surface area contributed by atoms with Gasteiger partial charge in [-0.05, 0) is 42.8 Å². The molecule has 6 heteroatoms. The molecule has 0 aliphatic carbocycles. The van der Waals surface area contributed by atoms with Crippen molar-refractivity contribution in [2.75, 3.05) is 5.32 Å². The molecule has 0 spiro atoms. The number of rotatable bonds is 5. The quantitative estimate of drug-likeness (QED) is 0.646. The molecule has 2 aromatic rings. The van der Waals surface area contributed by atoms with E-state index in [4.69, 9.17) is 21.6 Å². The Bertz CT molecular complexity index is 877. The number of halogens is 1. The summed E-state index contributed by atoms with van der Waals surface area (Å²) in [5.41, 5.74) is 1.03. The van der Waals surface area contributed by atoms with Crippen LogP contribution in [0.4, 0.5) is 5.69 Å². The number of anilines is 1. The van der Waals surface area contributed by atoms with E-state index in [2.05, 4.69) is 5.32 Å². The summed E-state index contributed by atoms with van der Waals surface area (Å²) >= 11 is 5.99. The fourth-order valence-electron chi connectivity index (χ4n) is 1.94. The van der Waals surface area contributed by atoms with Gasteiger partial charge in [0.25, 0.3) is 5.91 Å². The molecular weight excluding hydrogens is 338 g/mol. The minimum absolute atomic E-state index is 0.0565. The molecule has 5 nitrogen and oxygen atoms in total. The van der Waals surface area contributed by atoms with Gasteiger partial charge in [0, 0.05) is 0 Å². The van der Waals surface area contributed by atoms with E-state index in [-0.39, 0.29) is 5.57 Å². The van der Waals surface area contributed by atoms with Crippen LogP contribution in [0.25, 0.3) is 6.08 Å². The number of hydrogen-bond donors (Lipinski definition) is 1. The predicted octanol–water partition coefficient (Wildman–Crippen LogP) is 4.18. The van der Waals surface area contributed by atoms with Crippen LogP contribution in [0.3, 0.4) is 0 Å². The van der Waals surface area contributed by atoms with E-state index in [0.717, 1.165) is 0 Å². The lowest BCUT2D eigenvalue weighted by atomic mass is 10.1. The molecule has 0 aliphatic heterocycles. The molecular formula is C19H14ClN3O2. The Morgan fingerprint density at radius 3 is 2.48 bits per heavy atom. The molecule has 1 amide bonds. The highest BCUT2D eigenvalue weighted by Gasteiger charge is 2.11. The summed E-state index contributed by atoms with van der Waals surface area (Å²) in [6.07, 6.45) is 0.904. The zero-order valence-corrected chi connectivity index (χ0v) is 14.1. The van der Waals surface area contributed by atoms with Gasteiger partial charge in [0.05, 0.1) is 10.7 Å². The van der Waals surface area contributed by atoms with Crippen LogP contribution in [0.1, 0.15) is 12.5 Å². The Morgan fingerprint density at radius 1 is 1.20 bits per heavy atom. The first-order valence-electron chi connectivity index (χ1n) is 7.37. The molecule has 0 saturated carbocycles. The van der Waals surface area contributed by atoms with Crippen molar-refractivity contribution in [2.24, 2.45) is 0 Å². The minimum atomic E-state index is -0.558. The van der Waals surface area contributed by atoms with E-state index in [1.165, 1.54) is 6.08 Å². The molecule has 0 unspecified atom stereocenters. The van der Waals surface area contributed by atoms with E-state index in [1.807, 2.05) is 12.1 Å². The van der Waals surface area contributed by atoms with E-state index >= 15 is 0 Å². The number of nitrogens with zero attached hydrogens (tertiary/aromatic N) is 2. The van der Waals surface area contributed by atoms with Crippen LogP contribution in [0.5, 0.6) is 5.75 Å².